The summed E-state index contributed by atoms with van der Waals surface area (Å²) in [5.41, 5.74) is 1.60. The standard InChI is InChI=1S/C17H20BrN3O2/c1-21-17(22)16(18)14(11-20-21)19-10-12-6-2-5-9-15(12)23-13-7-3-4-8-13/h2,5-6,9,11,13,19H,3-4,7-8,10H2,1H3. The zero-order valence-corrected chi connectivity index (χ0v) is 14.7. The lowest BCUT2D eigenvalue weighted by atomic mass is 10.2. The Bertz CT molecular complexity index is 739. The van der Waals surface area contributed by atoms with Crippen LogP contribution in [-0.4, -0.2) is 15.9 Å². The Balaban J connectivity index is 1.73. The van der Waals surface area contributed by atoms with Crippen LogP contribution in [0.5, 0.6) is 5.75 Å². The van der Waals surface area contributed by atoms with E-state index < -0.39 is 0 Å². The van der Waals surface area contributed by atoms with Crippen molar-refractivity contribution in [3.63, 3.8) is 0 Å². The van der Waals surface area contributed by atoms with Crippen molar-refractivity contribution in [2.24, 2.45) is 7.05 Å². The number of ether oxygens (including phenoxy) is 1. The highest BCUT2D eigenvalue weighted by Gasteiger charge is 2.17. The van der Waals surface area contributed by atoms with Gasteiger partial charge in [0.2, 0.25) is 0 Å². The molecule has 0 amide bonds. The second kappa shape index (κ2) is 7.17. The molecular weight excluding hydrogens is 358 g/mol. The van der Waals surface area contributed by atoms with Crippen LogP contribution in [0.4, 0.5) is 5.69 Å². The summed E-state index contributed by atoms with van der Waals surface area (Å²) in [6.07, 6.45) is 6.73. The van der Waals surface area contributed by atoms with Gasteiger partial charge in [0.05, 0.1) is 18.0 Å². The Kier molecular flexibility index (Phi) is 5.00. The van der Waals surface area contributed by atoms with Crippen molar-refractivity contribution >= 4 is 21.6 Å². The van der Waals surface area contributed by atoms with Crippen LogP contribution in [0.2, 0.25) is 0 Å². The first kappa shape index (κ1) is 16.1. The number of aromatic nitrogens is 2. The molecule has 1 aliphatic rings. The van der Waals surface area contributed by atoms with Gasteiger partial charge in [-0.15, -0.1) is 0 Å². The maximum absolute atomic E-state index is 11.9. The highest BCUT2D eigenvalue weighted by Crippen LogP contribution is 2.27. The average Bonchev–Trinajstić information content (AvgIpc) is 3.06. The number of halogens is 1. The average molecular weight is 378 g/mol. The van der Waals surface area contributed by atoms with Crippen LogP contribution in [0.15, 0.2) is 39.7 Å². The predicted molar refractivity (Wildman–Crippen MR) is 93.8 cm³/mol. The van der Waals surface area contributed by atoms with Crippen LogP contribution in [0.25, 0.3) is 0 Å². The summed E-state index contributed by atoms with van der Waals surface area (Å²) in [6.45, 7) is 0.580. The summed E-state index contributed by atoms with van der Waals surface area (Å²) >= 11 is 3.33. The van der Waals surface area contributed by atoms with Crippen molar-refractivity contribution in [2.75, 3.05) is 5.32 Å². The number of nitrogens with zero attached hydrogens (tertiary/aromatic N) is 2. The van der Waals surface area contributed by atoms with Crippen LogP contribution < -0.4 is 15.6 Å². The maximum Gasteiger partial charge on any atom is 0.282 e. The molecule has 0 spiro atoms. The number of hydrogen-bond acceptors (Lipinski definition) is 4. The van der Waals surface area contributed by atoms with E-state index in [0.717, 1.165) is 24.2 Å². The highest BCUT2D eigenvalue weighted by atomic mass is 79.9. The van der Waals surface area contributed by atoms with E-state index in [1.54, 1.807) is 13.2 Å². The summed E-state index contributed by atoms with van der Waals surface area (Å²) in [5.74, 6) is 0.916. The molecule has 1 fully saturated rings. The number of benzene rings is 1. The largest absolute Gasteiger partial charge is 0.490 e. The second-order valence-corrected chi connectivity index (χ2v) is 6.58. The Morgan fingerprint density at radius 3 is 2.87 bits per heavy atom. The summed E-state index contributed by atoms with van der Waals surface area (Å²) in [7, 11) is 1.63. The first-order chi connectivity index (χ1) is 11.1. The minimum atomic E-state index is -0.162. The molecule has 0 aliphatic heterocycles. The number of hydrogen-bond donors (Lipinski definition) is 1. The van der Waals surface area contributed by atoms with Gasteiger partial charge in [0.15, 0.2) is 0 Å². The van der Waals surface area contributed by atoms with E-state index in [1.807, 2.05) is 24.3 Å². The van der Waals surface area contributed by atoms with Crippen LogP contribution in [0.3, 0.4) is 0 Å². The topological polar surface area (TPSA) is 56.1 Å². The van der Waals surface area contributed by atoms with Crippen molar-refractivity contribution in [3.05, 3.63) is 50.9 Å². The molecule has 1 aliphatic carbocycles. The zero-order valence-electron chi connectivity index (χ0n) is 13.1. The molecule has 0 bridgehead atoms. The van der Waals surface area contributed by atoms with Crippen molar-refractivity contribution in [1.29, 1.82) is 0 Å². The third-order valence-corrected chi connectivity index (χ3v) is 4.88. The van der Waals surface area contributed by atoms with E-state index in [2.05, 4.69) is 26.3 Å². The Morgan fingerprint density at radius 1 is 1.35 bits per heavy atom. The summed E-state index contributed by atoms with van der Waals surface area (Å²) in [5, 5.41) is 7.30. The van der Waals surface area contributed by atoms with Gasteiger partial charge >= 0.3 is 0 Å². The fourth-order valence-electron chi connectivity index (χ4n) is 2.78. The molecule has 0 radical (unpaired) electrons. The molecule has 0 atom stereocenters. The lowest BCUT2D eigenvalue weighted by Gasteiger charge is -2.17. The van der Waals surface area contributed by atoms with Gasteiger partial charge in [-0.3, -0.25) is 4.79 Å². The first-order valence-corrected chi connectivity index (χ1v) is 8.64. The van der Waals surface area contributed by atoms with Crippen LogP contribution in [-0.2, 0) is 13.6 Å². The van der Waals surface area contributed by atoms with Crippen molar-refractivity contribution in [1.82, 2.24) is 9.78 Å². The smallest absolute Gasteiger partial charge is 0.282 e. The molecule has 1 heterocycles. The number of aryl methyl sites for hydroxylation is 1. The van der Waals surface area contributed by atoms with Gasteiger partial charge in [0, 0.05) is 19.2 Å². The molecular formula is C17H20BrN3O2. The van der Waals surface area contributed by atoms with Crippen molar-refractivity contribution in [3.8, 4) is 5.75 Å². The SMILES string of the molecule is Cn1ncc(NCc2ccccc2OC2CCCC2)c(Br)c1=O. The second-order valence-electron chi connectivity index (χ2n) is 5.79. The summed E-state index contributed by atoms with van der Waals surface area (Å²) < 4.78 is 7.92. The molecule has 5 nitrogen and oxygen atoms in total. The predicted octanol–water partition coefficient (Wildman–Crippen LogP) is 3.48. The normalized spacial score (nSPS) is 14.9. The molecule has 23 heavy (non-hydrogen) atoms. The lowest BCUT2D eigenvalue weighted by molar-refractivity contribution is 0.208. The molecule has 0 saturated heterocycles. The lowest BCUT2D eigenvalue weighted by Crippen LogP contribution is -2.21. The number of nitrogens with one attached hydrogen (secondary N) is 1. The van der Waals surface area contributed by atoms with Gasteiger partial charge in [-0.25, -0.2) is 4.68 Å². The number of rotatable bonds is 5. The van der Waals surface area contributed by atoms with Gasteiger partial charge in [-0.2, -0.15) is 5.10 Å². The quantitative estimate of drug-likeness (QED) is 0.866. The molecule has 0 unspecified atom stereocenters. The van der Waals surface area contributed by atoms with E-state index in [1.165, 1.54) is 17.5 Å². The molecule has 1 aromatic carbocycles. The molecule has 3 rings (SSSR count). The Labute approximate surface area is 143 Å². The fourth-order valence-corrected chi connectivity index (χ4v) is 3.27. The van der Waals surface area contributed by atoms with Crippen LogP contribution >= 0.6 is 15.9 Å². The monoisotopic (exact) mass is 377 g/mol. The Hall–Kier alpha value is -1.82. The molecule has 1 saturated carbocycles. The van der Waals surface area contributed by atoms with E-state index in [0.29, 0.717) is 22.8 Å². The highest BCUT2D eigenvalue weighted by molar-refractivity contribution is 9.10. The number of para-hydroxylation sites is 1. The molecule has 1 aromatic heterocycles. The first-order valence-electron chi connectivity index (χ1n) is 7.85. The van der Waals surface area contributed by atoms with E-state index in [9.17, 15) is 4.79 Å². The van der Waals surface area contributed by atoms with Gasteiger partial charge in [-0.05, 0) is 47.7 Å². The van der Waals surface area contributed by atoms with Gasteiger partial charge < -0.3 is 10.1 Å². The molecule has 6 heteroatoms. The summed E-state index contributed by atoms with van der Waals surface area (Å²) in [6, 6.07) is 8.03. The zero-order chi connectivity index (χ0) is 16.2. The minimum Gasteiger partial charge on any atom is -0.490 e. The minimum absolute atomic E-state index is 0.162. The van der Waals surface area contributed by atoms with Crippen LogP contribution in [0, 0.1) is 0 Å². The van der Waals surface area contributed by atoms with Crippen molar-refractivity contribution in [2.45, 2.75) is 38.3 Å². The van der Waals surface area contributed by atoms with Gasteiger partial charge in [0.1, 0.15) is 10.2 Å². The van der Waals surface area contributed by atoms with Crippen molar-refractivity contribution < 1.29 is 4.74 Å². The molecule has 122 valence electrons. The van der Waals surface area contributed by atoms with E-state index in [-0.39, 0.29) is 5.56 Å². The fraction of sp³-hybridized carbons (Fsp3) is 0.412. The third-order valence-electron chi connectivity index (χ3n) is 4.12. The molecule has 1 N–H and O–H groups in total. The van der Waals surface area contributed by atoms with E-state index >= 15 is 0 Å². The number of anilines is 1. The molecule has 2 aromatic rings. The van der Waals surface area contributed by atoms with E-state index in [4.69, 9.17) is 4.74 Å². The van der Waals surface area contributed by atoms with Crippen LogP contribution in [0.1, 0.15) is 31.2 Å². The van der Waals surface area contributed by atoms with Gasteiger partial charge in [0.25, 0.3) is 5.56 Å². The van der Waals surface area contributed by atoms with Gasteiger partial charge in [-0.1, -0.05) is 18.2 Å². The maximum atomic E-state index is 11.9. The Morgan fingerprint density at radius 2 is 2.09 bits per heavy atom. The third kappa shape index (κ3) is 3.75. The summed E-state index contributed by atoms with van der Waals surface area (Å²) in [4.78, 5) is 11.9.